The van der Waals surface area contributed by atoms with E-state index in [1.807, 2.05) is 0 Å². The van der Waals surface area contributed by atoms with Gasteiger partial charge < -0.3 is 16.4 Å². The van der Waals surface area contributed by atoms with E-state index in [1.54, 1.807) is 0 Å². The van der Waals surface area contributed by atoms with Crippen molar-refractivity contribution in [3.8, 4) is 0 Å². The molecule has 1 saturated heterocycles. The van der Waals surface area contributed by atoms with Gasteiger partial charge in [0.2, 0.25) is 5.91 Å². The van der Waals surface area contributed by atoms with Crippen LogP contribution in [0.3, 0.4) is 0 Å². The number of hydrogen-bond acceptors (Lipinski definition) is 3. The Hall–Kier alpha value is -1.07. The van der Waals surface area contributed by atoms with E-state index in [0.717, 1.165) is 36.0 Å². The highest BCUT2D eigenvalue weighted by molar-refractivity contribution is 9.10. The van der Waals surface area contributed by atoms with Gasteiger partial charge in [-0.2, -0.15) is 0 Å². The van der Waals surface area contributed by atoms with E-state index in [9.17, 15) is 4.79 Å². The molecule has 1 fully saturated rings. The number of piperidine rings is 1. The summed E-state index contributed by atoms with van der Waals surface area (Å²) in [4.78, 5) is 13.3. The predicted octanol–water partition coefficient (Wildman–Crippen LogP) is 2.00. The van der Waals surface area contributed by atoms with Gasteiger partial charge in [0.25, 0.3) is 0 Å². The average Bonchev–Trinajstić information content (AvgIpc) is 2.39. The molecule has 1 aromatic carbocycles. The first-order chi connectivity index (χ1) is 9.10. The third-order valence-electron chi connectivity index (χ3n) is 3.73. The van der Waals surface area contributed by atoms with Crippen LogP contribution in [0.25, 0.3) is 0 Å². The molecule has 1 aliphatic rings. The van der Waals surface area contributed by atoms with Crippen molar-refractivity contribution in [2.24, 2.45) is 17.4 Å². The zero-order valence-corrected chi connectivity index (χ0v) is 12.5. The Morgan fingerprint density at radius 1 is 1.37 bits per heavy atom. The topological polar surface area (TPSA) is 72.3 Å². The molecule has 1 amide bonds. The summed E-state index contributed by atoms with van der Waals surface area (Å²) in [7, 11) is 0. The minimum absolute atomic E-state index is 0.187. The molecule has 0 bridgehead atoms. The fourth-order valence-corrected chi connectivity index (χ4v) is 3.11. The molecule has 4 N–H and O–H groups in total. The van der Waals surface area contributed by atoms with E-state index in [1.165, 1.54) is 5.69 Å². The highest BCUT2D eigenvalue weighted by Crippen LogP contribution is 2.28. The van der Waals surface area contributed by atoms with E-state index in [0.29, 0.717) is 18.9 Å². The number of nitrogens with two attached hydrogens (primary N) is 2. The highest BCUT2D eigenvalue weighted by Gasteiger charge is 2.21. The fourth-order valence-electron chi connectivity index (χ4n) is 2.58. The van der Waals surface area contributed by atoms with Gasteiger partial charge in [-0.1, -0.05) is 22.0 Å². The smallest absolute Gasteiger partial charge is 0.217 e. The van der Waals surface area contributed by atoms with Crippen LogP contribution in [-0.2, 0) is 11.3 Å². The zero-order valence-electron chi connectivity index (χ0n) is 10.9. The summed E-state index contributed by atoms with van der Waals surface area (Å²) >= 11 is 3.55. The van der Waals surface area contributed by atoms with Crippen molar-refractivity contribution in [1.82, 2.24) is 0 Å². The van der Waals surface area contributed by atoms with Crippen LogP contribution in [0.4, 0.5) is 5.69 Å². The summed E-state index contributed by atoms with van der Waals surface area (Å²) in [5, 5.41) is 0. The highest BCUT2D eigenvalue weighted by atomic mass is 79.9. The number of benzene rings is 1. The van der Waals surface area contributed by atoms with Crippen LogP contribution < -0.4 is 16.4 Å². The molecule has 0 atom stereocenters. The number of anilines is 1. The Bertz CT molecular complexity index is 456. The molecule has 0 radical (unpaired) electrons. The Morgan fingerprint density at radius 2 is 2.05 bits per heavy atom. The molecule has 0 unspecified atom stereocenters. The van der Waals surface area contributed by atoms with Crippen molar-refractivity contribution in [1.29, 1.82) is 0 Å². The maximum Gasteiger partial charge on any atom is 0.217 e. The van der Waals surface area contributed by atoms with Crippen molar-refractivity contribution < 1.29 is 4.79 Å². The van der Waals surface area contributed by atoms with Crippen LogP contribution in [0.2, 0.25) is 0 Å². The summed E-state index contributed by atoms with van der Waals surface area (Å²) < 4.78 is 1.06. The standard InChI is InChI=1S/C14H20BrN3O/c15-13-8-12(2-1-11(13)9-16)18-5-3-10(4-6-18)7-14(17)19/h1-2,8,10H,3-7,9,16H2,(H2,17,19). The first-order valence-corrected chi connectivity index (χ1v) is 7.41. The number of halogens is 1. The number of amides is 1. The lowest BCUT2D eigenvalue weighted by Gasteiger charge is -2.33. The summed E-state index contributed by atoms with van der Waals surface area (Å²) in [5.41, 5.74) is 13.2. The Labute approximate surface area is 122 Å². The molecule has 19 heavy (non-hydrogen) atoms. The largest absolute Gasteiger partial charge is 0.371 e. The lowest BCUT2D eigenvalue weighted by molar-refractivity contribution is -0.119. The molecule has 0 aromatic heterocycles. The fraction of sp³-hybridized carbons (Fsp3) is 0.500. The second-order valence-electron chi connectivity index (χ2n) is 5.08. The molecular formula is C14H20BrN3O. The Balaban J connectivity index is 1.97. The van der Waals surface area contributed by atoms with E-state index in [4.69, 9.17) is 11.5 Å². The van der Waals surface area contributed by atoms with Gasteiger partial charge in [0.05, 0.1) is 0 Å². The third kappa shape index (κ3) is 3.70. The maximum atomic E-state index is 10.9. The summed E-state index contributed by atoms with van der Waals surface area (Å²) in [5.74, 6) is 0.258. The van der Waals surface area contributed by atoms with Gasteiger partial charge in [0.15, 0.2) is 0 Å². The van der Waals surface area contributed by atoms with Crippen LogP contribution in [0.5, 0.6) is 0 Å². The van der Waals surface area contributed by atoms with Crippen LogP contribution >= 0.6 is 15.9 Å². The van der Waals surface area contributed by atoms with Crippen molar-refractivity contribution in [3.05, 3.63) is 28.2 Å². The van der Waals surface area contributed by atoms with Crippen LogP contribution in [0.15, 0.2) is 22.7 Å². The molecule has 4 nitrogen and oxygen atoms in total. The van der Waals surface area contributed by atoms with Gasteiger partial charge in [-0.25, -0.2) is 0 Å². The summed E-state index contributed by atoms with van der Waals surface area (Å²) in [6, 6.07) is 6.30. The molecular weight excluding hydrogens is 306 g/mol. The third-order valence-corrected chi connectivity index (χ3v) is 4.46. The van der Waals surface area contributed by atoms with E-state index < -0.39 is 0 Å². The molecule has 104 valence electrons. The first kappa shape index (κ1) is 14.3. The van der Waals surface area contributed by atoms with Crippen LogP contribution in [0, 0.1) is 5.92 Å². The monoisotopic (exact) mass is 325 g/mol. The normalized spacial score (nSPS) is 16.6. The lowest BCUT2D eigenvalue weighted by Crippen LogP contribution is -2.35. The molecule has 5 heteroatoms. The van der Waals surface area contributed by atoms with E-state index >= 15 is 0 Å². The average molecular weight is 326 g/mol. The predicted molar refractivity (Wildman–Crippen MR) is 80.8 cm³/mol. The van der Waals surface area contributed by atoms with Gasteiger partial charge in [-0.15, -0.1) is 0 Å². The molecule has 1 heterocycles. The molecule has 1 aliphatic heterocycles. The van der Waals surface area contributed by atoms with Gasteiger partial charge >= 0.3 is 0 Å². The van der Waals surface area contributed by atoms with Gasteiger partial charge in [-0.05, 0) is 36.5 Å². The van der Waals surface area contributed by atoms with Crippen molar-refractivity contribution in [2.45, 2.75) is 25.8 Å². The minimum Gasteiger partial charge on any atom is -0.371 e. The van der Waals surface area contributed by atoms with Crippen LogP contribution in [-0.4, -0.2) is 19.0 Å². The van der Waals surface area contributed by atoms with Crippen molar-refractivity contribution in [2.75, 3.05) is 18.0 Å². The first-order valence-electron chi connectivity index (χ1n) is 6.62. The number of hydrogen-bond donors (Lipinski definition) is 2. The molecule has 0 spiro atoms. The van der Waals surface area contributed by atoms with E-state index in [2.05, 4.69) is 39.0 Å². The van der Waals surface area contributed by atoms with Crippen molar-refractivity contribution >= 4 is 27.5 Å². The Kier molecular flexibility index (Phi) is 4.82. The van der Waals surface area contributed by atoms with E-state index in [-0.39, 0.29) is 5.91 Å². The lowest BCUT2D eigenvalue weighted by atomic mass is 9.93. The maximum absolute atomic E-state index is 10.9. The second-order valence-corrected chi connectivity index (χ2v) is 5.94. The summed E-state index contributed by atoms with van der Waals surface area (Å²) in [6.45, 7) is 2.50. The number of carbonyl (C=O) groups excluding carboxylic acids is 1. The molecule has 2 rings (SSSR count). The minimum atomic E-state index is -0.187. The number of primary amides is 1. The van der Waals surface area contributed by atoms with Crippen LogP contribution in [0.1, 0.15) is 24.8 Å². The van der Waals surface area contributed by atoms with Gasteiger partial charge in [-0.3, -0.25) is 4.79 Å². The SMILES string of the molecule is NCc1ccc(N2CCC(CC(N)=O)CC2)cc1Br. The van der Waals surface area contributed by atoms with Crippen molar-refractivity contribution in [3.63, 3.8) is 0 Å². The molecule has 1 aromatic rings. The number of rotatable bonds is 4. The second kappa shape index (κ2) is 6.39. The van der Waals surface area contributed by atoms with Gasteiger partial charge in [0.1, 0.15) is 0 Å². The molecule has 0 aliphatic carbocycles. The number of carbonyl (C=O) groups is 1. The number of nitrogens with zero attached hydrogens (tertiary/aromatic N) is 1. The zero-order chi connectivity index (χ0) is 13.8. The Morgan fingerprint density at radius 3 is 2.58 bits per heavy atom. The molecule has 0 saturated carbocycles. The quantitative estimate of drug-likeness (QED) is 0.889. The van der Waals surface area contributed by atoms with Gasteiger partial charge in [0, 0.05) is 36.2 Å². The summed E-state index contributed by atoms with van der Waals surface area (Å²) in [6.07, 6.45) is 2.57.